The van der Waals surface area contributed by atoms with Crippen LogP contribution in [0, 0.1) is 0 Å². The van der Waals surface area contributed by atoms with E-state index in [2.05, 4.69) is 10.6 Å². The molecular weight excluding hydrogens is 436 g/mol. The van der Waals surface area contributed by atoms with Gasteiger partial charge in [0, 0.05) is 23.0 Å². The summed E-state index contributed by atoms with van der Waals surface area (Å²) in [6, 6.07) is 10.2. The number of anilines is 1. The van der Waals surface area contributed by atoms with Gasteiger partial charge in [-0.2, -0.15) is 0 Å². The van der Waals surface area contributed by atoms with Crippen LogP contribution in [0.1, 0.15) is 62.2 Å². The number of halogens is 1. The van der Waals surface area contributed by atoms with Crippen molar-refractivity contribution < 1.29 is 18.0 Å². The van der Waals surface area contributed by atoms with Crippen LogP contribution in [0.3, 0.4) is 0 Å². The number of carbonyl (C=O) groups excluding carboxylic acids is 2. The van der Waals surface area contributed by atoms with Crippen molar-refractivity contribution in [2.75, 3.05) is 5.32 Å². The predicted molar refractivity (Wildman–Crippen MR) is 121 cm³/mol. The summed E-state index contributed by atoms with van der Waals surface area (Å²) in [4.78, 5) is 25.0. The van der Waals surface area contributed by atoms with Gasteiger partial charge in [0.25, 0.3) is 5.91 Å². The van der Waals surface area contributed by atoms with Crippen molar-refractivity contribution >= 4 is 38.9 Å². The molecule has 8 heteroatoms. The Balaban J connectivity index is 1.95. The average Bonchev–Trinajstić information content (AvgIpc) is 2.74. The summed E-state index contributed by atoms with van der Waals surface area (Å²) in [5.74, 6) is -0.576. The summed E-state index contributed by atoms with van der Waals surface area (Å²) in [5.41, 5.74) is 0.414. The molecule has 0 radical (unpaired) electrons. The molecule has 0 spiro atoms. The molecule has 0 heterocycles. The molecule has 1 saturated carbocycles. The third kappa shape index (κ3) is 5.86. The van der Waals surface area contributed by atoms with Gasteiger partial charge in [0.05, 0.1) is 15.5 Å². The molecule has 1 aliphatic carbocycles. The lowest BCUT2D eigenvalue weighted by Gasteiger charge is -2.23. The van der Waals surface area contributed by atoms with Crippen LogP contribution in [0.25, 0.3) is 0 Å². The van der Waals surface area contributed by atoms with Crippen LogP contribution in [-0.2, 0) is 14.6 Å². The standard InChI is InChI=1S/C23H27ClN2O4S/c1-2-6-22(27)26-20-15-16(23(28)25-18-7-4-3-5-8-18)9-14-21(20)31(29,30)19-12-10-17(24)11-13-19/h9-15,18H,2-8H2,1H3,(H,25,28)(H,26,27). The fourth-order valence-corrected chi connectivity index (χ4v) is 5.22. The highest BCUT2D eigenvalue weighted by Gasteiger charge is 2.24. The first-order valence-electron chi connectivity index (χ1n) is 10.6. The van der Waals surface area contributed by atoms with Gasteiger partial charge in [-0.05, 0) is 61.7 Å². The van der Waals surface area contributed by atoms with Crippen molar-refractivity contribution in [3.63, 3.8) is 0 Å². The first-order valence-corrected chi connectivity index (χ1v) is 12.4. The van der Waals surface area contributed by atoms with Gasteiger partial charge in [0.15, 0.2) is 0 Å². The molecule has 0 aromatic heterocycles. The average molecular weight is 463 g/mol. The molecule has 0 atom stereocenters. The topological polar surface area (TPSA) is 92.3 Å². The zero-order valence-corrected chi connectivity index (χ0v) is 19.1. The van der Waals surface area contributed by atoms with Crippen molar-refractivity contribution in [2.24, 2.45) is 0 Å². The van der Waals surface area contributed by atoms with Crippen LogP contribution in [0.2, 0.25) is 5.02 Å². The molecular formula is C23H27ClN2O4S. The monoisotopic (exact) mass is 462 g/mol. The van der Waals surface area contributed by atoms with Crippen LogP contribution in [0.5, 0.6) is 0 Å². The Morgan fingerprint density at radius 2 is 1.71 bits per heavy atom. The van der Waals surface area contributed by atoms with Gasteiger partial charge in [0.2, 0.25) is 15.7 Å². The fourth-order valence-electron chi connectivity index (χ4n) is 3.70. The molecule has 31 heavy (non-hydrogen) atoms. The molecule has 0 saturated heterocycles. The summed E-state index contributed by atoms with van der Waals surface area (Å²) < 4.78 is 26.4. The molecule has 0 bridgehead atoms. The van der Waals surface area contributed by atoms with E-state index in [1.807, 2.05) is 6.92 Å². The van der Waals surface area contributed by atoms with Crippen molar-refractivity contribution in [3.8, 4) is 0 Å². The number of carbonyl (C=O) groups is 2. The highest BCUT2D eigenvalue weighted by atomic mass is 35.5. The number of hydrogen-bond donors (Lipinski definition) is 2. The zero-order chi connectivity index (χ0) is 22.4. The summed E-state index contributed by atoms with van der Waals surface area (Å²) in [6.07, 6.45) is 6.09. The van der Waals surface area contributed by atoms with E-state index in [0.717, 1.165) is 25.7 Å². The number of amides is 2. The third-order valence-corrected chi connectivity index (χ3v) is 7.43. The highest BCUT2D eigenvalue weighted by molar-refractivity contribution is 7.91. The molecule has 1 aliphatic rings. The van der Waals surface area contributed by atoms with E-state index < -0.39 is 9.84 Å². The minimum Gasteiger partial charge on any atom is -0.349 e. The van der Waals surface area contributed by atoms with Gasteiger partial charge in [-0.15, -0.1) is 0 Å². The minimum atomic E-state index is -3.92. The quantitative estimate of drug-likeness (QED) is 0.607. The van der Waals surface area contributed by atoms with Crippen molar-refractivity contribution in [1.29, 1.82) is 0 Å². The van der Waals surface area contributed by atoms with Crippen LogP contribution < -0.4 is 10.6 Å². The predicted octanol–water partition coefficient (Wildman–Crippen LogP) is 4.97. The molecule has 2 N–H and O–H groups in total. The summed E-state index contributed by atoms with van der Waals surface area (Å²) in [6.45, 7) is 1.86. The van der Waals surface area contributed by atoms with Gasteiger partial charge in [-0.3, -0.25) is 9.59 Å². The van der Waals surface area contributed by atoms with E-state index >= 15 is 0 Å². The van der Waals surface area contributed by atoms with Crippen LogP contribution >= 0.6 is 11.6 Å². The molecule has 2 amide bonds. The number of hydrogen-bond acceptors (Lipinski definition) is 4. The zero-order valence-electron chi connectivity index (χ0n) is 17.5. The van der Waals surface area contributed by atoms with Crippen LogP contribution in [0.15, 0.2) is 52.3 Å². The number of benzene rings is 2. The van der Waals surface area contributed by atoms with Gasteiger partial charge in [-0.25, -0.2) is 8.42 Å². The molecule has 2 aromatic rings. The lowest BCUT2D eigenvalue weighted by Crippen LogP contribution is -2.36. The van der Waals surface area contributed by atoms with E-state index in [1.54, 1.807) is 0 Å². The largest absolute Gasteiger partial charge is 0.349 e. The van der Waals surface area contributed by atoms with E-state index in [-0.39, 0.29) is 39.8 Å². The van der Waals surface area contributed by atoms with E-state index in [4.69, 9.17) is 11.6 Å². The van der Waals surface area contributed by atoms with Crippen molar-refractivity contribution in [3.05, 3.63) is 53.1 Å². The number of nitrogens with one attached hydrogen (secondary N) is 2. The molecule has 6 nitrogen and oxygen atoms in total. The van der Waals surface area contributed by atoms with Gasteiger partial charge in [0.1, 0.15) is 0 Å². The Hall–Kier alpha value is -2.38. The molecule has 166 valence electrons. The SMILES string of the molecule is CCCC(=O)Nc1cc(C(=O)NC2CCCCC2)ccc1S(=O)(=O)c1ccc(Cl)cc1. The number of sulfone groups is 1. The van der Waals surface area contributed by atoms with E-state index in [9.17, 15) is 18.0 Å². The molecule has 0 unspecified atom stereocenters. The van der Waals surface area contributed by atoms with Crippen LogP contribution in [-0.4, -0.2) is 26.3 Å². The normalized spacial score (nSPS) is 14.8. The van der Waals surface area contributed by atoms with E-state index in [0.29, 0.717) is 17.0 Å². The third-order valence-electron chi connectivity index (χ3n) is 5.35. The lowest BCUT2D eigenvalue weighted by molar-refractivity contribution is -0.116. The minimum absolute atomic E-state index is 0.0577. The first-order chi connectivity index (χ1) is 14.8. The second-order valence-corrected chi connectivity index (χ2v) is 10.1. The first kappa shape index (κ1) is 23.3. The second-order valence-electron chi connectivity index (χ2n) is 7.77. The Morgan fingerprint density at radius 3 is 2.35 bits per heavy atom. The molecule has 2 aromatic carbocycles. The van der Waals surface area contributed by atoms with Crippen LogP contribution in [0.4, 0.5) is 5.69 Å². The maximum absolute atomic E-state index is 13.2. The van der Waals surface area contributed by atoms with Gasteiger partial charge >= 0.3 is 0 Å². The highest BCUT2D eigenvalue weighted by Crippen LogP contribution is 2.30. The molecule has 1 fully saturated rings. The summed E-state index contributed by atoms with van der Waals surface area (Å²) in [7, 11) is -3.92. The van der Waals surface area contributed by atoms with Gasteiger partial charge < -0.3 is 10.6 Å². The summed E-state index contributed by atoms with van der Waals surface area (Å²) >= 11 is 5.88. The Morgan fingerprint density at radius 1 is 1.03 bits per heavy atom. The smallest absolute Gasteiger partial charge is 0.251 e. The number of rotatable bonds is 7. The van der Waals surface area contributed by atoms with Gasteiger partial charge in [-0.1, -0.05) is 37.8 Å². The van der Waals surface area contributed by atoms with Crippen molar-refractivity contribution in [2.45, 2.75) is 67.7 Å². The van der Waals surface area contributed by atoms with E-state index in [1.165, 1.54) is 48.9 Å². The maximum atomic E-state index is 13.2. The fraction of sp³-hybridized carbons (Fsp3) is 0.391. The Labute approximate surface area is 188 Å². The Kier molecular flexibility index (Phi) is 7.73. The van der Waals surface area contributed by atoms with Crippen molar-refractivity contribution in [1.82, 2.24) is 5.32 Å². The summed E-state index contributed by atoms with van der Waals surface area (Å²) in [5, 5.41) is 6.12. The lowest BCUT2D eigenvalue weighted by atomic mass is 9.95. The maximum Gasteiger partial charge on any atom is 0.251 e. The molecule has 0 aliphatic heterocycles. The second kappa shape index (κ2) is 10.3. The molecule has 3 rings (SSSR count). The Bertz CT molecular complexity index is 1050.